The molecule has 2 nitrogen and oxygen atoms in total. The number of nitrogens with zero attached hydrogens (tertiary/aromatic N) is 2. The van der Waals surface area contributed by atoms with E-state index in [1.54, 1.807) is 0 Å². The van der Waals surface area contributed by atoms with Gasteiger partial charge in [-0.25, -0.2) is 6.57 Å². The highest BCUT2D eigenvalue weighted by Crippen LogP contribution is 1.85. The van der Waals surface area contributed by atoms with Gasteiger partial charge in [0, 0.05) is 13.0 Å². The average Bonchev–Trinajstić information content (AvgIpc) is 1.89. The predicted molar refractivity (Wildman–Crippen MR) is 39.3 cm³/mol. The summed E-state index contributed by atoms with van der Waals surface area (Å²) >= 11 is 0. The van der Waals surface area contributed by atoms with Crippen molar-refractivity contribution in [1.29, 1.82) is 0 Å². The van der Waals surface area contributed by atoms with E-state index in [0.717, 1.165) is 19.5 Å². The molecule has 0 N–H and O–H groups in total. The molecule has 0 atom stereocenters. The number of hydrogen-bond donors (Lipinski definition) is 0. The first-order valence-electron chi connectivity index (χ1n) is 3.33. The summed E-state index contributed by atoms with van der Waals surface area (Å²) < 4.78 is 0. The fraction of sp³-hybridized carbons (Fsp3) is 0.857. The van der Waals surface area contributed by atoms with Crippen molar-refractivity contribution >= 4 is 0 Å². The van der Waals surface area contributed by atoms with Crippen molar-refractivity contribution in [1.82, 2.24) is 4.90 Å². The van der Waals surface area contributed by atoms with E-state index in [2.05, 4.69) is 23.7 Å². The standard InChI is InChI=1S/C7H14N2/c1-4-9(3)7-5-6-8-2/h4-7H2,1,3H3. The first-order chi connectivity index (χ1) is 4.31. The van der Waals surface area contributed by atoms with Crippen LogP contribution in [0.2, 0.25) is 0 Å². The Morgan fingerprint density at radius 3 is 2.67 bits per heavy atom. The summed E-state index contributed by atoms with van der Waals surface area (Å²) in [6.07, 6.45) is 1.01. The Hall–Kier alpha value is -0.550. The van der Waals surface area contributed by atoms with Gasteiger partial charge in [0.1, 0.15) is 0 Å². The molecule has 0 aliphatic carbocycles. The molecule has 0 aromatic heterocycles. The smallest absolute Gasteiger partial charge is 0.215 e. The molecule has 0 unspecified atom stereocenters. The summed E-state index contributed by atoms with van der Waals surface area (Å²) in [7, 11) is 2.07. The Balaban J connectivity index is 2.99. The highest BCUT2D eigenvalue weighted by Gasteiger charge is 1.93. The van der Waals surface area contributed by atoms with Crippen molar-refractivity contribution in [2.45, 2.75) is 13.3 Å². The third kappa shape index (κ3) is 5.32. The molecule has 2 heteroatoms. The van der Waals surface area contributed by atoms with Gasteiger partial charge in [0.15, 0.2) is 0 Å². The van der Waals surface area contributed by atoms with Crippen molar-refractivity contribution in [3.8, 4) is 0 Å². The van der Waals surface area contributed by atoms with Crippen LogP contribution in [0.15, 0.2) is 0 Å². The van der Waals surface area contributed by atoms with Gasteiger partial charge in [-0.2, -0.15) is 0 Å². The van der Waals surface area contributed by atoms with E-state index < -0.39 is 0 Å². The molecule has 0 aliphatic rings. The summed E-state index contributed by atoms with van der Waals surface area (Å²) in [5.74, 6) is 0. The minimum absolute atomic E-state index is 0.671. The van der Waals surface area contributed by atoms with E-state index in [9.17, 15) is 0 Å². The molecular weight excluding hydrogens is 112 g/mol. The highest BCUT2D eigenvalue weighted by atomic mass is 15.1. The monoisotopic (exact) mass is 126 g/mol. The molecule has 0 aliphatic heterocycles. The second-order valence-corrected chi connectivity index (χ2v) is 2.13. The largest absolute Gasteiger partial charge is 0.317 e. The topological polar surface area (TPSA) is 7.60 Å². The maximum absolute atomic E-state index is 6.51. The molecule has 0 aromatic rings. The molecule has 0 radical (unpaired) electrons. The van der Waals surface area contributed by atoms with E-state index in [-0.39, 0.29) is 0 Å². The van der Waals surface area contributed by atoms with Gasteiger partial charge in [0.2, 0.25) is 6.54 Å². The summed E-state index contributed by atoms with van der Waals surface area (Å²) in [5.41, 5.74) is 0. The lowest BCUT2D eigenvalue weighted by atomic mass is 10.4. The molecule has 0 heterocycles. The van der Waals surface area contributed by atoms with Crippen LogP contribution < -0.4 is 0 Å². The Kier molecular flexibility index (Phi) is 5.24. The maximum Gasteiger partial charge on any atom is 0.215 e. The van der Waals surface area contributed by atoms with E-state index in [1.807, 2.05) is 0 Å². The zero-order valence-corrected chi connectivity index (χ0v) is 6.22. The number of hydrogen-bond acceptors (Lipinski definition) is 1. The third-order valence-electron chi connectivity index (χ3n) is 1.35. The van der Waals surface area contributed by atoms with Gasteiger partial charge in [0.25, 0.3) is 0 Å². The molecular formula is C7H14N2. The van der Waals surface area contributed by atoms with Crippen molar-refractivity contribution in [2.75, 3.05) is 26.7 Å². The fourth-order valence-corrected chi connectivity index (χ4v) is 0.578. The Labute approximate surface area is 57.3 Å². The molecule has 0 spiro atoms. The lowest BCUT2D eigenvalue weighted by Crippen LogP contribution is -2.19. The maximum atomic E-state index is 6.51. The molecule has 0 bridgehead atoms. The van der Waals surface area contributed by atoms with Crippen LogP contribution in [0.1, 0.15) is 13.3 Å². The van der Waals surface area contributed by atoms with Crippen LogP contribution in [-0.2, 0) is 0 Å². The molecule has 0 saturated carbocycles. The first kappa shape index (κ1) is 8.45. The van der Waals surface area contributed by atoms with Gasteiger partial charge in [-0.05, 0) is 13.6 Å². The second-order valence-electron chi connectivity index (χ2n) is 2.13. The first-order valence-corrected chi connectivity index (χ1v) is 3.33. The van der Waals surface area contributed by atoms with Gasteiger partial charge in [-0.1, -0.05) is 6.92 Å². The lowest BCUT2D eigenvalue weighted by molar-refractivity contribution is 0.352. The summed E-state index contributed by atoms with van der Waals surface area (Å²) in [4.78, 5) is 5.48. The van der Waals surface area contributed by atoms with Crippen molar-refractivity contribution in [3.05, 3.63) is 11.4 Å². The van der Waals surface area contributed by atoms with Crippen LogP contribution in [0.3, 0.4) is 0 Å². The summed E-state index contributed by atoms with van der Waals surface area (Å²) in [6, 6.07) is 0. The van der Waals surface area contributed by atoms with Crippen LogP contribution in [0.25, 0.3) is 4.85 Å². The minimum atomic E-state index is 0.671. The third-order valence-corrected chi connectivity index (χ3v) is 1.35. The summed E-state index contributed by atoms with van der Waals surface area (Å²) in [6.45, 7) is 11.4. The second kappa shape index (κ2) is 5.58. The molecule has 9 heavy (non-hydrogen) atoms. The Morgan fingerprint density at radius 1 is 1.56 bits per heavy atom. The van der Waals surface area contributed by atoms with Gasteiger partial charge in [-0.3, -0.25) is 0 Å². The normalized spacial score (nSPS) is 9.56. The lowest BCUT2D eigenvalue weighted by Gasteiger charge is -2.10. The van der Waals surface area contributed by atoms with Crippen LogP contribution in [0.5, 0.6) is 0 Å². The molecule has 0 rings (SSSR count). The van der Waals surface area contributed by atoms with Crippen molar-refractivity contribution in [3.63, 3.8) is 0 Å². The van der Waals surface area contributed by atoms with E-state index in [0.29, 0.717) is 6.54 Å². The van der Waals surface area contributed by atoms with Gasteiger partial charge < -0.3 is 9.74 Å². The zero-order valence-electron chi connectivity index (χ0n) is 6.22. The van der Waals surface area contributed by atoms with Crippen molar-refractivity contribution in [2.24, 2.45) is 0 Å². The number of rotatable bonds is 4. The van der Waals surface area contributed by atoms with Crippen molar-refractivity contribution < 1.29 is 0 Å². The molecule has 52 valence electrons. The zero-order chi connectivity index (χ0) is 7.11. The average molecular weight is 126 g/mol. The highest BCUT2D eigenvalue weighted by molar-refractivity contribution is 4.59. The van der Waals surface area contributed by atoms with E-state index in [1.165, 1.54) is 0 Å². The molecule has 0 saturated heterocycles. The van der Waals surface area contributed by atoms with E-state index in [4.69, 9.17) is 6.57 Å². The van der Waals surface area contributed by atoms with Crippen LogP contribution in [0.4, 0.5) is 0 Å². The Morgan fingerprint density at radius 2 is 2.22 bits per heavy atom. The summed E-state index contributed by atoms with van der Waals surface area (Å²) in [5, 5.41) is 0. The van der Waals surface area contributed by atoms with Crippen LogP contribution >= 0.6 is 0 Å². The predicted octanol–water partition coefficient (Wildman–Crippen LogP) is 1.25. The van der Waals surface area contributed by atoms with Crippen LogP contribution in [-0.4, -0.2) is 31.6 Å². The molecule has 0 amide bonds. The molecule has 0 aromatic carbocycles. The SMILES string of the molecule is [C-]#[N+]CCCN(C)CC. The molecule has 0 fully saturated rings. The Bertz CT molecular complexity index is 93.6. The quantitative estimate of drug-likeness (QED) is 0.406. The minimum Gasteiger partial charge on any atom is -0.317 e. The van der Waals surface area contributed by atoms with Gasteiger partial charge in [-0.15, -0.1) is 0 Å². The van der Waals surface area contributed by atoms with Gasteiger partial charge in [0.05, 0.1) is 0 Å². The fourth-order valence-electron chi connectivity index (χ4n) is 0.578. The van der Waals surface area contributed by atoms with Gasteiger partial charge >= 0.3 is 0 Å². The van der Waals surface area contributed by atoms with Crippen LogP contribution in [0, 0.1) is 6.57 Å². The van der Waals surface area contributed by atoms with E-state index >= 15 is 0 Å².